The number of benzene rings is 2. The van der Waals surface area contributed by atoms with Gasteiger partial charge in [-0.05, 0) is 36.2 Å². The number of amides is 1. The van der Waals surface area contributed by atoms with Crippen molar-refractivity contribution in [3.8, 4) is 5.75 Å². The Balaban J connectivity index is 2.21. The van der Waals surface area contributed by atoms with Crippen molar-refractivity contribution in [2.45, 2.75) is 19.8 Å². The second kappa shape index (κ2) is 6.10. The number of nitrogens with two attached hydrogens (primary N) is 1. The molecule has 2 aromatic carbocycles. The second-order valence-electron chi connectivity index (χ2n) is 4.63. The highest BCUT2D eigenvalue weighted by Gasteiger charge is 2.10. The number of phenols is 1. The summed E-state index contributed by atoms with van der Waals surface area (Å²) in [7, 11) is 0. The molecule has 0 aliphatic rings. The van der Waals surface area contributed by atoms with Gasteiger partial charge in [0.1, 0.15) is 5.75 Å². The van der Waals surface area contributed by atoms with Gasteiger partial charge in [0.25, 0.3) is 5.91 Å². The van der Waals surface area contributed by atoms with Crippen LogP contribution in [-0.2, 0) is 6.42 Å². The zero-order valence-electron chi connectivity index (χ0n) is 11.4. The lowest BCUT2D eigenvalue weighted by Gasteiger charge is -2.11. The monoisotopic (exact) mass is 270 g/mol. The summed E-state index contributed by atoms with van der Waals surface area (Å²) >= 11 is 0. The minimum absolute atomic E-state index is 0.0838. The Morgan fingerprint density at radius 2 is 2.00 bits per heavy atom. The number of aromatic hydroxyl groups is 1. The van der Waals surface area contributed by atoms with E-state index in [1.165, 1.54) is 12.1 Å². The molecule has 0 radical (unpaired) electrons. The highest BCUT2D eigenvalue weighted by Crippen LogP contribution is 2.22. The predicted molar refractivity (Wildman–Crippen MR) is 80.9 cm³/mol. The molecule has 0 aliphatic carbocycles. The van der Waals surface area contributed by atoms with E-state index in [1.807, 2.05) is 24.3 Å². The maximum Gasteiger partial charge on any atom is 0.255 e. The number of aryl methyl sites for hydroxylation is 1. The first-order valence-corrected chi connectivity index (χ1v) is 6.59. The number of anilines is 2. The van der Waals surface area contributed by atoms with Crippen LogP contribution in [0, 0.1) is 0 Å². The maximum absolute atomic E-state index is 12.2. The van der Waals surface area contributed by atoms with Gasteiger partial charge in [-0.1, -0.05) is 31.5 Å². The second-order valence-corrected chi connectivity index (χ2v) is 4.63. The van der Waals surface area contributed by atoms with Gasteiger partial charge in [-0.15, -0.1) is 0 Å². The highest BCUT2D eigenvalue weighted by atomic mass is 16.3. The molecule has 4 nitrogen and oxygen atoms in total. The van der Waals surface area contributed by atoms with Crippen molar-refractivity contribution in [1.82, 2.24) is 0 Å². The first kappa shape index (κ1) is 13.9. The van der Waals surface area contributed by atoms with Gasteiger partial charge in [0.15, 0.2) is 0 Å². The van der Waals surface area contributed by atoms with Crippen molar-refractivity contribution in [3.05, 3.63) is 53.6 Å². The van der Waals surface area contributed by atoms with Crippen molar-refractivity contribution < 1.29 is 9.90 Å². The molecule has 0 saturated carbocycles. The quantitative estimate of drug-likeness (QED) is 0.590. The number of nitrogens with one attached hydrogen (secondary N) is 1. The molecule has 0 atom stereocenters. The molecule has 104 valence electrons. The van der Waals surface area contributed by atoms with E-state index in [9.17, 15) is 9.90 Å². The number of carbonyl (C=O) groups is 1. The Morgan fingerprint density at radius 3 is 2.70 bits per heavy atom. The summed E-state index contributed by atoms with van der Waals surface area (Å²) in [6.07, 6.45) is 1.92. The molecule has 0 saturated heterocycles. The van der Waals surface area contributed by atoms with Crippen molar-refractivity contribution in [2.75, 3.05) is 11.1 Å². The normalized spacial score (nSPS) is 10.2. The van der Waals surface area contributed by atoms with Crippen molar-refractivity contribution >= 4 is 17.3 Å². The third-order valence-electron chi connectivity index (χ3n) is 3.08. The molecule has 0 unspecified atom stereocenters. The van der Waals surface area contributed by atoms with Crippen LogP contribution in [0.25, 0.3) is 0 Å². The smallest absolute Gasteiger partial charge is 0.255 e. The molecule has 0 spiro atoms. The van der Waals surface area contributed by atoms with Gasteiger partial charge in [-0.2, -0.15) is 0 Å². The summed E-state index contributed by atoms with van der Waals surface area (Å²) in [5, 5.41) is 12.4. The van der Waals surface area contributed by atoms with Gasteiger partial charge in [0, 0.05) is 11.3 Å². The van der Waals surface area contributed by atoms with E-state index in [0.717, 1.165) is 24.1 Å². The van der Waals surface area contributed by atoms with Crippen LogP contribution >= 0.6 is 0 Å². The Morgan fingerprint density at radius 1 is 1.25 bits per heavy atom. The Kier molecular flexibility index (Phi) is 4.25. The minimum Gasteiger partial charge on any atom is -0.506 e. The lowest BCUT2D eigenvalue weighted by Crippen LogP contribution is -2.13. The molecule has 4 N–H and O–H groups in total. The van der Waals surface area contributed by atoms with Crippen LogP contribution in [0.5, 0.6) is 5.75 Å². The van der Waals surface area contributed by atoms with Crippen LogP contribution in [0.2, 0.25) is 0 Å². The van der Waals surface area contributed by atoms with E-state index < -0.39 is 0 Å². The number of para-hydroxylation sites is 1. The third kappa shape index (κ3) is 3.09. The summed E-state index contributed by atoms with van der Waals surface area (Å²) in [6.45, 7) is 2.09. The van der Waals surface area contributed by atoms with Gasteiger partial charge in [0.2, 0.25) is 0 Å². The van der Waals surface area contributed by atoms with Gasteiger partial charge < -0.3 is 16.2 Å². The molecule has 4 heteroatoms. The summed E-state index contributed by atoms with van der Waals surface area (Å²) in [5.41, 5.74) is 8.06. The van der Waals surface area contributed by atoms with Crippen LogP contribution < -0.4 is 11.1 Å². The first-order chi connectivity index (χ1) is 9.61. The van der Waals surface area contributed by atoms with E-state index in [-0.39, 0.29) is 17.3 Å². The maximum atomic E-state index is 12.2. The Hall–Kier alpha value is -2.49. The van der Waals surface area contributed by atoms with Crippen molar-refractivity contribution in [1.29, 1.82) is 0 Å². The van der Waals surface area contributed by atoms with Crippen LogP contribution in [-0.4, -0.2) is 11.0 Å². The molecule has 20 heavy (non-hydrogen) atoms. The van der Waals surface area contributed by atoms with Gasteiger partial charge in [-0.3, -0.25) is 4.79 Å². The number of carbonyl (C=O) groups excluding carboxylic acids is 1. The molecule has 0 aromatic heterocycles. The summed E-state index contributed by atoms with van der Waals surface area (Å²) < 4.78 is 0. The van der Waals surface area contributed by atoms with E-state index in [0.29, 0.717) is 5.56 Å². The molecule has 2 aromatic rings. The Bertz CT molecular complexity index is 624. The minimum atomic E-state index is -0.260. The molecular formula is C16H18N2O2. The number of nitrogen functional groups attached to an aromatic ring is 1. The molecule has 1 amide bonds. The van der Waals surface area contributed by atoms with E-state index >= 15 is 0 Å². The topological polar surface area (TPSA) is 75.4 Å². The zero-order chi connectivity index (χ0) is 14.5. The summed E-state index contributed by atoms with van der Waals surface area (Å²) in [6, 6.07) is 12.2. The lowest BCUT2D eigenvalue weighted by atomic mass is 10.1. The molecular weight excluding hydrogens is 252 g/mol. The molecule has 2 rings (SSSR count). The number of phenolic OH excluding ortho intramolecular Hbond substituents is 1. The fourth-order valence-corrected chi connectivity index (χ4v) is 2.01. The fraction of sp³-hybridized carbons (Fsp3) is 0.188. The highest BCUT2D eigenvalue weighted by molar-refractivity contribution is 6.05. The van der Waals surface area contributed by atoms with Crippen molar-refractivity contribution in [3.63, 3.8) is 0 Å². The van der Waals surface area contributed by atoms with E-state index in [1.54, 1.807) is 6.07 Å². The largest absolute Gasteiger partial charge is 0.506 e. The van der Waals surface area contributed by atoms with Crippen LogP contribution in [0.1, 0.15) is 29.3 Å². The van der Waals surface area contributed by atoms with E-state index in [2.05, 4.69) is 12.2 Å². The molecule has 0 bridgehead atoms. The number of rotatable bonds is 4. The Labute approximate surface area is 118 Å². The third-order valence-corrected chi connectivity index (χ3v) is 3.08. The fourth-order valence-electron chi connectivity index (χ4n) is 2.01. The van der Waals surface area contributed by atoms with Gasteiger partial charge >= 0.3 is 0 Å². The number of hydrogen-bond donors (Lipinski definition) is 3. The summed E-state index contributed by atoms with van der Waals surface area (Å²) in [4.78, 5) is 12.2. The average Bonchev–Trinajstić information content (AvgIpc) is 2.44. The van der Waals surface area contributed by atoms with E-state index in [4.69, 9.17) is 5.73 Å². The van der Waals surface area contributed by atoms with Gasteiger partial charge in [0.05, 0.1) is 5.69 Å². The zero-order valence-corrected chi connectivity index (χ0v) is 11.4. The lowest BCUT2D eigenvalue weighted by molar-refractivity contribution is 0.102. The van der Waals surface area contributed by atoms with Crippen LogP contribution in [0.15, 0.2) is 42.5 Å². The molecule has 0 fully saturated rings. The van der Waals surface area contributed by atoms with Crippen molar-refractivity contribution in [2.24, 2.45) is 0 Å². The number of hydrogen-bond acceptors (Lipinski definition) is 3. The predicted octanol–water partition coefficient (Wildman–Crippen LogP) is 3.18. The van der Waals surface area contributed by atoms with Crippen LogP contribution in [0.4, 0.5) is 11.4 Å². The standard InChI is InChI=1S/C16H18N2O2/c1-2-5-11-6-3-4-7-14(11)18-16(20)12-8-9-13(17)15(19)10-12/h3-4,6-10,19H,2,5,17H2,1H3,(H,18,20). The molecule has 0 heterocycles. The summed E-state index contributed by atoms with van der Waals surface area (Å²) in [5.74, 6) is -0.344. The average molecular weight is 270 g/mol. The van der Waals surface area contributed by atoms with Crippen LogP contribution in [0.3, 0.4) is 0 Å². The SMILES string of the molecule is CCCc1ccccc1NC(=O)c1ccc(N)c(O)c1. The van der Waals surface area contributed by atoms with Gasteiger partial charge in [-0.25, -0.2) is 0 Å². The first-order valence-electron chi connectivity index (χ1n) is 6.59. The molecule has 0 aliphatic heterocycles.